The Morgan fingerprint density at radius 3 is 2.78 bits per heavy atom. The van der Waals surface area contributed by atoms with Crippen molar-refractivity contribution in [3.05, 3.63) is 87.6 Å². The molecule has 0 aliphatic carbocycles. The van der Waals surface area contributed by atoms with Gasteiger partial charge in [-0.1, -0.05) is 30.4 Å². The number of carbonyl (C=O) groups is 1. The monoisotopic (exact) mass is 385 g/mol. The van der Waals surface area contributed by atoms with Gasteiger partial charge in [0.05, 0.1) is 10.6 Å². The summed E-state index contributed by atoms with van der Waals surface area (Å²) in [6.07, 6.45) is 3.89. The third-order valence-corrected chi connectivity index (χ3v) is 4.69. The largest absolute Gasteiger partial charge is 0.488 e. The van der Waals surface area contributed by atoms with Gasteiger partial charge in [-0.25, -0.2) is 8.78 Å². The van der Waals surface area contributed by atoms with Crippen molar-refractivity contribution in [2.75, 3.05) is 5.32 Å². The van der Waals surface area contributed by atoms with E-state index in [1.807, 2.05) is 48.7 Å². The van der Waals surface area contributed by atoms with Crippen LogP contribution in [0.1, 0.15) is 27.7 Å². The number of hydrogen-bond acceptors (Lipinski definition) is 3. The van der Waals surface area contributed by atoms with Crippen molar-refractivity contribution in [1.82, 2.24) is 0 Å². The Bertz CT molecular complexity index is 982. The highest BCUT2D eigenvalue weighted by atomic mass is 32.1. The van der Waals surface area contributed by atoms with Gasteiger partial charge in [-0.05, 0) is 36.6 Å². The van der Waals surface area contributed by atoms with Gasteiger partial charge in [-0.3, -0.25) is 4.79 Å². The number of benzene rings is 2. The molecule has 0 unspecified atom stereocenters. The van der Waals surface area contributed by atoms with Crippen LogP contribution in [0.3, 0.4) is 0 Å². The van der Waals surface area contributed by atoms with Gasteiger partial charge in [0, 0.05) is 17.2 Å². The molecule has 0 saturated heterocycles. The van der Waals surface area contributed by atoms with Crippen molar-refractivity contribution >= 4 is 29.0 Å². The number of para-hydroxylation sites is 1. The molecular formula is C21H17F2NO2S. The standard InChI is InChI=1S/C21H17F2NO2S/c1-2-5-15-6-3-4-7-19(15)26-12-14-10-20(27-13-14)21(25)24-18-9-8-16(22)11-17(18)23/h2-11,13H,12H2,1H3,(H,24,25)/b5-2+. The zero-order valence-electron chi connectivity index (χ0n) is 14.5. The quantitative estimate of drug-likeness (QED) is 0.574. The number of rotatable bonds is 6. The molecule has 3 aromatic rings. The number of amides is 1. The molecule has 1 amide bonds. The molecule has 1 N–H and O–H groups in total. The Hall–Kier alpha value is -2.99. The predicted molar refractivity (Wildman–Crippen MR) is 104 cm³/mol. The lowest BCUT2D eigenvalue weighted by atomic mass is 10.2. The van der Waals surface area contributed by atoms with Gasteiger partial charge in [-0.2, -0.15) is 0 Å². The molecule has 138 valence electrons. The number of thiophene rings is 1. The first-order chi connectivity index (χ1) is 13.1. The third kappa shape index (κ3) is 4.80. The van der Waals surface area contributed by atoms with Gasteiger partial charge in [0.25, 0.3) is 5.91 Å². The van der Waals surface area contributed by atoms with E-state index in [0.29, 0.717) is 11.5 Å². The van der Waals surface area contributed by atoms with Crippen molar-refractivity contribution in [1.29, 1.82) is 0 Å². The van der Waals surface area contributed by atoms with Crippen LogP contribution in [0.15, 0.2) is 60.0 Å². The zero-order valence-corrected chi connectivity index (χ0v) is 15.4. The highest BCUT2D eigenvalue weighted by Crippen LogP contribution is 2.23. The topological polar surface area (TPSA) is 38.3 Å². The van der Waals surface area contributed by atoms with Crippen LogP contribution in [0.2, 0.25) is 0 Å². The maximum atomic E-state index is 13.7. The van der Waals surface area contributed by atoms with Gasteiger partial charge in [0.15, 0.2) is 0 Å². The molecule has 0 aliphatic heterocycles. The van der Waals surface area contributed by atoms with Crippen LogP contribution in [0.4, 0.5) is 14.5 Å². The zero-order chi connectivity index (χ0) is 19.2. The minimum atomic E-state index is -0.816. The lowest BCUT2D eigenvalue weighted by molar-refractivity contribution is 0.103. The van der Waals surface area contributed by atoms with Crippen LogP contribution in [0.25, 0.3) is 6.08 Å². The van der Waals surface area contributed by atoms with E-state index in [1.165, 1.54) is 17.4 Å². The molecule has 0 saturated carbocycles. The Kier molecular flexibility index (Phi) is 5.98. The lowest BCUT2D eigenvalue weighted by Crippen LogP contribution is -2.11. The summed E-state index contributed by atoms with van der Waals surface area (Å²) in [6, 6.07) is 12.4. The number of allylic oxidation sites excluding steroid dienone is 1. The first-order valence-corrected chi connectivity index (χ1v) is 9.13. The molecule has 0 fully saturated rings. The van der Waals surface area contributed by atoms with Crippen LogP contribution >= 0.6 is 11.3 Å². The van der Waals surface area contributed by atoms with Gasteiger partial charge in [-0.15, -0.1) is 11.3 Å². The Labute approximate surface area is 159 Å². The van der Waals surface area contributed by atoms with Gasteiger partial charge < -0.3 is 10.1 Å². The smallest absolute Gasteiger partial charge is 0.265 e. The molecule has 0 radical (unpaired) electrons. The van der Waals surface area contributed by atoms with E-state index in [9.17, 15) is 13.6 Å². The van der Waals surface area contributed by atoms with Crippen molar-refractivity contribution in [2.45, 2.75) is 13.5 Å². The Balaban J connectivity index is 1.65. The molecule has 1 aromatic heterocycles. The average Bonchev–Trinajstić information content (AvgIpc) is 3.13. The molecule has 6 heteroatoms. The van der Waals surface area contributed by atoms with Crippen LogP contribution in [0.5, 0.6) is 5.75 Å². The van der Waals surface area contributed by atoms with Crippen molar-refractivity contribution in [3.63, 3.8) is 0 Å². The van der Waals surface area contributed by atoms with E-state index in [4.69, 9.17) is 4.74 Å². The summed E-state index contributed by atoms with van der Waals surface area (Å²) in [6.45, 7) is 2.24. The van der Waals surface area contributed by atoms with Crippen LogP contribution in [-0.2, 0) is 6.61 Å². The second-order valence-corrected chi connectivity index (χ2v) is 6.64. The molecule has 1 heterocycles. The van der Waals surface area contributed by atoms with E-state index in [-0.39, 0.29) is 5.69 Å². The molecule has 2 aromatic carbocycles. The summed E-state index contributed by atoms with van der Waals surface area (Å²) in [5.41, 5.74) is 1.74. The minimum Gasteiger partial charge on any atom is -0.488 e. The van der Waals surface area contributed by atoms with Crippen molar-refractivity contribution < 1.29 is 18.3 Å². The van der Waals surface area contributed by atoms with Crippen LogP contribution < -0.4 is 10.1 Å². The van der Waals surface area contributed by atoms with E-state index in [1.54, 1.807) is 6.07 Å². The summed E-state index contributed by atoms with van der Waals surface area (Å²) in [5.74, 6) is -1.21. The second-order valence-electron chi connectivity index (χ2n) is 5.72. The van der Waals surface area contributed by atoms with E-state index in [2.05, 4.69) is 5.32 Å². The predicted octanol–water partition coefficient (Wildman–Crippen LogP) is 5.89. The van der Waals surface area contributed by atoms with Crippen LogP contribution in [0, 0.1) is 11.6 Å². The van der Waals surface area contributed by atoms with E-state index < -0.39 is 17.5 Å². The lowest BCUT2D eigenvalue weighted by Gasteiger charge is -2.08. The number of nitrogens with one attached hydrogen (secondary N) is 1. The minimum absolute atomic E-state index is 0.0621. The number of ether oxygens (including phenoxy) is 1. The first-order valence-electron chi connectivity index (χ1n) is 8.25. The highest BCUT2D eigenvalue weighted by molar-refractivity contribution is 7.12. The molecular weight excluding hydrogens is 368 g/mol. The van der Waals surface area contributed by atoms with E-state index >= 15 is 0 Å². The second kappa shape index (κ2) is 8.60. The molecule has 0 atom stereocenters. The number of carbonyl (C=O) groups excluding carboxylic acids is 1. The number of halogens is 2. The maximum absolute atomic E-state index is 13.7. The van der Waals surface area contributed by atoms with Crippen LogP contribution in [-0.4, -0.2) is 5.91 Å². The van der Waals surface area contributed by atoms with Gasteiger partial charge in [0.2, 0.25) is 0 Å². The fourth-order valence-corrected chi connectivity index (χ4v) is 3.23. The third-order valence-electron chi connectivity index (χ3n) is 3.72. The highest BCUT2D eigenvalue weighted by Gasteiger charge is 2.13. The summed E-state index contributed by atoms with van der Waals surface area (Å²) in [7, 11) is 0. The molecule has 3 nitrogen and oxygen atoms in total. The molecule has 0 spiro atoms. The summed E-state index contributed by atoms with van der Waals surface area (Å²) < 4.78 is 32.4. The molecule has 27 heavy (non-hydrogen) atoms. The molecule has 0 aliphatic rings. The fraction of sp³-hybridized carbons (Fsp3) is 0.0952. The number of anilines is 1. The fourth-order valence-electron chi connectivity index (χ4n) is 2.44. The summed E-state index contributed by atoms with van der Waals surface area (Å²) >= 11 is 1.23. The summed E-state index contributed by atoms with van der Waals surface area (Å²) in [4.78, 5) is 12.7. The average molecular weight is 385 g/mol. The van der Waals surface area contributed by atoms with Crippen molar-refractivity contribution in [3.8, 4) is 5.75 Å². The maximum Gasteiger partial charge on any atom is 0.265 e. The van der Waals surface area contributed by atoms with Crippen molar-refractivity contribution in [2.24, 2.45) is 0 Å². The molecule has 0 bridgehead atoms. The normalized spacial score (nSPS) is 10.9. The molecule has 3 rings (SSSR count). The van der Waals surface area contributed by atoms with Gasteiger partial charge >= 0.3 is 0 Å². The van der Waals surface area contributed by atoms with E-state index in [0.717, 1.165) is 29.0 Å². The first kappa shape index (κ1) is 18.8. The SMILES string of the molecule is C/C=C/c1ccccc1OCc1csc(C(=O)Nc2ccc(F)cc2F)c1. The Morgan fingerprint density at radius 1 is 1.19 bits per heavy atom. The summed E-state index contributed by atoms with van der Waals surface area (Å²) in [5, 5.41) is 4.26. The van der Waals surface area contributed by atoms with Gasteiger partial charge in [0.1, 0.15) is 24.0 Å². The Morgan fingerprint density at radius 2 is 2.00 bits per heavy atom. The number of hydrogen-bond donors (Lipinski definition) is 1.